The van der Waals surface area contributed by atoms with Crippen LogP contribution in [0.4, 0.5) is 5.69 Å². The minimum absolute atomic E-state index is 0.354. The second-order valence-electron chi connectivity index (χ2n) is 5.89. The van der Waals surface area contributed by atoms with Crippen LogP contribution in [0.1, 0.15) is 39.7 Å². The number of anilines is 1. The summed E-state index contributed by atoms with van der Waals surface area (Å²) >= 11 is 0. The van der Waals surface area contributed by atoms with E-state index in [1.807, 2.05) is 0 Å². The molecule has 0 aliphatic rings. The lowest BCUT2D eigenvalue weighted by atomic mass is 10.1. The van der Waals surface area contributed by atoms with E-state index in [9.17, 15) is 4.79 Å². The lowest BCUT2D eigenvalue weighted by molar-refractivity contribution is -0.140. The van der Waals surface area contributed by atoms with E-state index in [4.69, 9.17) is 5.11 Å². The van der Waals surface area contributed by atoms with Crippen molar-refractivity contribution in [2.75, 3.05) is 18.0 Å². The predicted octanol–water partition coefficient (Wildman–Crippen LogP) is 3.82. The van der Waals surface area contributed by atoms with E-state index in [0.29, 0.717) is 12.5 Å². The fourth-order valence-corrected chi connectivity index (χ4v) is 2.09. The zero-order chi connectivity index (χ0) is 15.1. The highest BCUT2D eigenvalue weighted by molar-refractivity contribution is 5.70. The van der Waals surface area contributed by atoms with E-state index in [2.05, 4.69) is 49.9 Å². The number of benzene rings is 1. The number of nitrogens with zero attached hydrogens (tertiary/aromatic N) is 1. The molecule has 1 rings (SSSR count). The van der Waals surface area contributed by atoms with E-state index in [1.54, 1.807) is 6.92 Å². The summed E-state index contributed by atoms with van der Waals surface area (Å²) in [7, 11) is 0. The number of carbonyl (C=O) groups is 1. The molecule has 3 heteroatoms. The molecule has 112 valence electrons. The fourth-order valence-electron chi connectivity index (χ4n) is 2.09. The zero-order valence-corrected chi connectivity index (χ0v) is 13.1. The van der Waals surface area contributed by atoms with Gasteiger partial charge >= 0.3 is 5.97 Å². The fraction of sp³-hybridized carbons (Fsp3) is 0.588. The third-order valence-corrected chi connectivity index (χ3v) is 3.60. The number of aryl methyl sites for hydroxylation is 1. The van der Waals surface area contributed by atoms with Crippen molar-refractivity contribution >= 4 is 11.7 Å². The summed E-state index contributed by atoms with van der Waals surface area (Å²) in [5, 5.41) is 9.11. The van der Waals surface area contributed by atoms with Crippen LogP contribution in [0.15, 0.2) is 24.3 Å². The molecule has 0 aromatic heterocycles. The van der Waals surface area contributed by atoms with Gasteiger partial charge in [-0.05, 0) is 36.5 Å². The van der Waals surface area contributed by atoms with Gasteiger partial charge in [-0.2, -0.15) is 0 Å². The first-order chi connectivity index (χ1) is 9.43. The Morgan fingerprint density at radius 2 is 1.80 bits per heavy atom. The molecule has 1 N–H and O–H groups in total. The van der Waals surface area contributed by atoms with Crippen LogP contribution in [0, 0.1) is 11.8 Å². The maximum absolute atomic E-state index is 11.1. The third-order valence-electron chi connectivity index (χ3n) is 3.60. The standard InChI is InChI=1S/C17H27NO2/c1-5-15-6-8-16(9-7-15)18(11-10-13(2)3)12-14(4)17(19)20/h6-9,13-14H,5,10-12H2,1-4H3,(H,19,20). The molecular formula is C17H27NO2. The number of hydrogen-bond acceptors (Lipinski definition) is 2. The van der Waals surface area contributed by atoms with Crippen LogP contribution >= 0.6 is 0 Å². The third kappa shape index (κ3) is 5.24. The van der Waals surface area contributed by atoms with E-state index in [-0.39, 0.29) is 5.92 Å². The van der Waals surface area contributed by atoms with Gasteiger partial charge in [0.2, 0.25) is 0 Å². The number of rotatable bonds is 8. The maximum atomic E-state index is 11.1. The molecule has 20 heavy (non-hydrogen) atoms. The Hall–Kier alpha value is -1.51. The number of carboxylic acids is 1. The number of aliphatic carboxylic acids is 1. The lowest BCUT2D eigenvalue weighted by Crippen LogP contribution is -2.33. The van der Waals surface area contributed by atoms with Gasteiger partial charge in [0.25, 0.3) is 0 Å². The summed E-state index contributed by atoms with van der Waals surface area (Å²) in [6.45, 7) is 9.76. The van der Waals surface area contributed by atoms with Crippen LogP contribution in [-0.4, -0.2) is 24.2 Å². The van der Waals surface area contributed by atoms with Crippen LogP contribution in [0.5, 0.6) is 0 Å². The quantitative estimate of drug-likeness (QED) is 0.785. The monoisotopic (exact) mass is 277 g/mol. The molecule has 0 bridgehead atoms. The average Bonchev–Trinajstić information content (AvgIpc) is 2.43. The molecule has 1 aromatic rings. The largest absolute Gasteiger partial charge is 0.481 e. The van der Waals surface area contributed by atoms with Crippen LogP contribution < -0.4 is 4.90 Å². The van der Waals surface area contributed by atoms with Gasteiger partial charge in [0.1, 0.15) is 0 Å². The topological polar surface area (TPSA) is 40.5 Å². The van der Waals surface area contributed by atoms with Crippen LogP contribution in [0.25, 0.3) is 0 Å². The van der Waals surface area contributed by atoms with Crippen molar-refractivity contribution in [3.05, 3.63) is 29.8 Å². The summed E-state index contributed by atoms with van der Waals surface area (Å²) in [5.74, 6) is -0.467. The van der Waals surface area contributed by atoms with Crippen molar-refractivity contribution in [2.24, 2.45) is 11.8 Å². The smallest absolute Gasteiger partial charge is 0.308 e. The van der Waals surface area contributed by atoms with Gasteiger partial charge in [0.15, 0.2) is 0 Å². The zero-order valence-electron chi connectivity index (χ0n) is 13.1. The highest BCUT2D eigenvalue weighted by Crippen LogP contribution is 2.19. The van der Waals surface area contributed by atoms with Gasteiger partial charge in [-0.15, -0.1) is 0 Å². The van der Waals surface area contributed by atoms with Crippen molar-refractivity contribution in [3.63, 3.8) is 0 Å². The number of hydrogen-bond donors (Lipinski definition) is 1. The Kier molecular flexibility index (Phi) is 6.56. The average molecular weight is 277 g/mol. The molecule has 0 saturated heterocycles. The Morgan fingerprint density at radius 3 is 2.25 bits per heavy atom. The highest BCUT2D eigenvalue weighted by Gasteiger charge is 2.16. The second kappa shape index (κ2) is 7.93. The molecular weight excluding hydrogens is 250 g/mol. The van der Waals surface area contributed by atoms with Crippen LogP contribution in [0.2, 0.25) is 0 Å². The van der Waals surface area contributed by atoms with Crippen molar-refractivity contribution in [2.45, 2.75) is 40.5 Å². The molecule has 3 nitrogen and oxygen atoms in total. The van der Waals surface area contributed by atoms with Crippen LogP contribution in [-0.2, 0) is 11.2 Å². The maximum Gasteiger partial charge on any atom is 0.308 e. The molecule has 0 heterocycles. The lowest BCUT2D eigenvalue weighted by Gasteiger charge is -2.27. The van der Waals surface area contributed by atoms with Crippen molar-refractivity contribution < 1.29 is 9.90 Å². The second-order valence-corrected chi connectivity index (χ2v) is 5.89. The molecule has 0 saturated carbocycles. The van der Waals surface area contributed by atoms with Gasteiger partial charge < -0.3 is 10.0 Å². The van der Waals surface area contributed by atoms with Gasteiger partial charge in [-0.1, -0.05) is 39.8 Å². The molecule has 0 spiro atoms. The van der Waals surface area contributed by atoms with Crippen molar-refractivity contribution in [1.29, 1.82) is 0 Å². The van der Waals surface area contributed by atoms with E-state index >= 15 is 0 Å². The molecule has 0 aliphatic heterocycles. The first kappa shape index (κ1) is 16.5. The summed E-state index contributed by atoms with van der Waals surface area (Å²) < 4.78 is 0. The summed E-state index contributed by atoms with van der Waals surface area (Å²) in [6.07, 6.45) is 2.10. The Labute approximate surface area is 122 Å². The van der Waals surface area contributed by atoms with E-state index < -0.39 is 5.97 Å². The highest BCUT2D eigenvalue weighted by atomic mass is 16.4. The first-order valence-corrected chi connectivity index (χ1v) is 7.50. The Bertz CT molecular complexity index is 412. The summed E-state index contributed by atoms with van der Waals surface area (Å²) in [6, 6.07) is 8.47. The summed E-state index contributed by atoms with van der Waals surface area (Å²) in [5.41, 5.74) is 2.43. The molecule has 0 aliphatic carbocycles. The van der Waals surface area contributed by atoms with Crippen molar-refractivity contribution in [1.82, 2.24) is 0 Å². The predicted molar refractivity (Wildman–Crippen MR) is 84.3 cm³/mol. The normalized spacial score (nSPS) is 12.4. The minimum Gasteiger partial charge on any atom is -0.481 e. The van der Waals surface area contributed by atoms with Gasteiger partial charge in [-0.3, -0.25) is 4.79 Å². The van der Waals surface area contributed by atoms with Gasteiger partial charge in [0, 0.05) is 18.8 Å². The SMILES string of the molecule is CCc1ccc(N(CCC(C)C)CC(C)C(=O)O)cc1. The summed E-state index contributed by atoms with van der Waals surface area (Å²) in [4.78, 5) is 13.3. The van der Waals surface area contributed by atoms with Gasteiger partial charge in [-0.25, -0.2) is 0 Å². The van der Waals surface area contributed by atoms with Crippen molar-refractivity contribution in [3.8, 4) is 0 Å². The first-order valence-electron chi connectivity index (χ1n) is 7.50. The molecule has 0 fully saturated rings. The Balaban J connectivity index is 2.81. The molecule has 1 aromatic carbocycles. The van der Waals surface area contributed by atoms with E-state index in [0.717, 1.165) is 25.1 Å². The number of carboxylic acid groups (broad SMARTS) is 1. The van der Waals surface area contributed by atoms with E-state index in [1.165, 1.54) is 5.56 Å². The minimum atomic E-state index is -0.732. The Morgan fingerprint density at radius 1 is 1.20 bits per heavy atom. The molecule has 1 atom stereocenters. The molecule has 1 unspecified atom stereocenters. The van der Waals surface area contributed by atoms with Crippen LogP contribution in [0.3, 0.4) is 0 Å². The molecule has 0 radical (unpaired) electrons. The van der Waals surface area contributed by atoms with Gasteiger partial charge in [0.05, 0.1) is 5.92 Å². The molecule has 0 amide bonds.